The highest BCUT2D eigenvalue weighted by molar-refractivity contribution is 6.30. The number of hydrogen-bond donors (Lipinski definition) is 1. The van der Waals surface area contributed by atoms with E-state index in [1.54, 1.807) is 31.3 Å². The van der Waals surface area contributed by atoms with E-state index in [0.29, 0.717) is 24.5 Å². The molecule has 0 heterocycles. The third kappa shape index (κ3) is 8.45. The molecule has 0 radical (unpaired) electrons. The first-order valence-corrected chi connectivity index (χ1v) is 7.98. The number of nitrogens with zero attached hydrogens (tertiary/aromatic N) is 1. The molecule has 2 amide bonds. The maximum absolute atomic E-state index is 12.0. The van der Waals surface area contributed by atoms with Gasteiger partial charge < -0.3 is 15.0 Å². The number of rotatable bonds is 7. The monoisotopic (exact) mass is 340 g/mol. The lowest BCUT2D eigenvalue weighted by molar-refractivity contribution is -0.135. The molecule has 128 valence electrons. The first-order valence-electron chi connectivity index (χ1n) is 7.61. The smallest absolute Gasteiger partial charge is 0.240 e. The minimum Gasteiger partial charge on any atom is -0.494 e. The van der Waals surface area contributed by atoms with Crippen LogP contribution in [0.25, 0.3) is 0 Å². The Morgan fingerprint density at radius 2 is 1.83 bits per heavy atom. The highest BCUT2D eigenvalue weighted by atomic mass is 35.5. The third-order valence-corrected chi connectivity index (χ3v) is 3.19. The second-order valence-corrected chi connectivity index (χ2v) is 6.89. The van der Waals surface area contributed by atoms with Gasteiger partial charge in [0, 0.05) is 24.0 Å². The van der Waals surface area contributed by atoms with Gasteiger partial charge in [0.1, 0.15) is 5.75 Å². The summed E-state index contributed by atoms with van der Waals surface area (Å²) >= 11 is 5.79. The topological polar surface area (TPSA) is 58.6 Å². The van der Waals surface area contributed by atoms with Gasteiger partial charge in [-0.05, 0) is 51.5 Å². The standard InChI is InChI=1S/C17H25ClN2O3/c1-17(2,3)19-15(21)12-20(4)16(22)6-5-11-23-14-9-7-13(18)8-10-14/h7-10H,5-6,11-12H2,1-4H3,(H,19,21). The van der Waals surface area contributed by atoms with Gasteiger partial charge >= 0.3 is 0 Å². The Morgan fingerprint density at radius 1 is 1.22 bits per heavy atom. The Morgan fingerprint density at radius 3 is 2.39 bits per heavy atom. The lowest BCUT2D eigenvalue weighted by atomic mass is 10.1. The van der Waals surface area contributed by atoms with Crippen LogP contribution in [0.2, 0.25) is 5.02 Å². The maximum Gasteiger partial charge on any atom is 0.240 e. The fourth-order valence-corrected chi connectivity index (χ4v) is 2.02. The lowest BCUT2D eigenvalue weighted by Crippen LogP contribution is -2.46. The summed E-state index contributed by atoms with van der Waals surface area (Å²) in [7, 11) is 1.63. The second kappa shape index (κ2) is 8.77. The molecule has 23 heavy (non-hydrogen) atoms. The van der Waals surface area contributed by atoms with Crippen molar-refractivity contribution in [2.75, 3.05) is 20.2 Å². The summed E-state index contributed by atoms with van der Waals surface area (Å²) in [5, 5.41) is 3.49. The molecule has 0 spiro atoms. The van der Waals surface area contributed by atoms with Crippen LogP contribution < -0.4 is 10.1 Å². The van der Waals surface area contributed by atoms with Gasteiger partial charge in [-0.15, -0.1) is 0 Å². The van der Waals surface area contributed by atoms with Crippen LogP contribution in [-0.4, -0.2) is 42.5 Å². The number of ether oxygens (including phenoxy) is 1. The van der Waals surface area contributed by atoms with Gasteiger partial charge in [-0.1, -0.05) is 11.6 Å². The molecular weight excluding hydrogens is 316 g/mol. The normalized spacial score (nSPS) is 11.0. The molecule has 1 aromatic rings. The number of hydrogen-bond acceptors (Lipinski definition) is 3. The van der Waals surface area contributed by atoms with Crippen LogP contribution in [-0.2, 0) is 9.59 Å². The van der Waals surface area contributed by atoms with E-state index in [0.717, 1.165) is 5.75 Å². The molecule has 0 fully saturated rings. The molecule has 0 bridgehead atoms. The van der Waals surface area contributed by atoms with Gasteiger partial charge in [-0.2, -0.15) is 0 Å². The van der Waals surface area contributed by atoms with Crippen LogP contribution in [0.15, 0.2) is 24.3 Å². The van der Waals surface area contributed by atoms with Gasteiger partial charge in [0.05, 0.1) is 13.2 Å². The van der Waals surface area contributed by atoms with Crippen LogP contribution in [0, 0.1) is 0 Å². The van der Waals surface area contributed by atoms with Crippen molar-refractivity contribution in [2.24, 2.45) is 0 Å². The zero-order valence-electron chi connectivity index (χ0n) is 14.2. The number of carbonyl (C=O) groups excluding carboxylic acids is 2. The van der Waals surface area contributed by atoms with Crippen molar-refractivity contribution in [2.45, 2.75) is 39.2 Å². The summed E-state index contributed by atoms with van der Waals surface area (Å²) in [4.78, 5) is 25.2. The second-order valence-electron chi connectivity index (χ2n) is 6.45. The number of halogens is 1. The number of benzene rings is 1. The zero-order chi connectivity index (χ0) is 17.5. The molecule has 0 saturated carbocycles. The highest BCUT2D eigenvalue weighted by Gasteiger charge is 2.17. The van der Waals surface area contributed by atoms with E-state index in [1.807, 2.05) is 20.8 Å². The zero-order valence-corrected chi connectivity index (χ0v) is 14.9. The molecule has 0 aliphatic carbocycles. The van der Waals surface area contributed by atoms with Crippen LogP contribution >= 0.6 is 11.6 Å². The van der Waals surface area contributed by atoms with E-state index in [9.17, 15) is 9.59 Å². The molecule has 0 aliphatic heterocycles. The van der Waals surface area contributed by atoms with Gasteiger partial charge in [0.15, 0.2) is 0 Å². The minimum absolute atomic E-state index is 0.0636. The number of nitrogens with one attached hydrogen (secondary N) is 1. The highest BCUT2D eigenvalue weighted by Crippen LogP contribution is 2.15. The number of likely N-dealkylation sites (N-methyl/N-ethyl adjacent to an activating group) is 1. The fourth-order valence-electron chi connectivity index (χ4n) is 1.90. The minimum atomic E-state index is -0.298. The number of carbonyl (C=O) groups is 2. The predicted molar refractivity (Wildman–Crippen MR) is 91.7 cm³/mol. The molecule has 0 aliphatic rings. The van der Waals surface area contributed by atoms with Gasteiger partial charge in [0.2, 0.25) is 11.8 Å². The largest absolute Gasteiger partial charge is 0.494 e. The van der Waals surface area contributed by atoms with Crippen LogP contribution in [0.5, 0.6) is 5.75 Å². The maximum atomic E-state index is 12.0. The van der Waals surface area contributed by atoms with E-state index in [2.05, 4.69) is 5.32 Å². The molecule has 1 rings (SSSR count). The van der Waals surface area contributed by atoms with Crippen molar-refractivity contribution in [1.29, 1.82) is 0 Å². The van der Waals surface area contributed by atoms with Crippen LogP contribution in [0.4, 0.5) is 0 Å². The molecule has 6 heteroatoms. The SMILES string of the molecule is CN(CC(=O)NC(C)(C)C)C(=O)CCCOc1ccc(Cl)cc1. The quantitative estimate of drug-likeness (QED) is 0.776. The average molecular weight is 341 g/mol. The Bertz CT molecular complexity index is 524. The van der Waals surface area contributed by atoms with Crippen LogP contribution in [0.3, 0.4) is 0 Å². The van der Waals surface area contributed by atoms with E-state index in [-0.39, 0.29) is 23.9 Å². The van der Waals surface area contributed by atoms with E-state index >= 15 is 0 Å². The van der Waals surface area contributed by atoms with Crippen molar-refractivity contribution in [3.8, 4) is 5.75 Å². The van der Waals surface area contributed by atoms with Gasteiger partial charge in [0.25, 0.3) is 0 Å². The summed E-state index contributed by atoms with van der Waals surface area (Å²) in [6, 6.07) is 7.08. The summed E-state index contributed by atoms with van der Waals surface area (Å²) in [6.07, 6.45) is 0.930. The Hall–Kier alpha value is -1.75. The Balaban J connectivity index is 2.25. The van der Waals surface area contributed by atoms with Crippen molar-refractivity contribution in [3.05, 3.63) is 29.3 Å². The third-order valence-electron chi connectivity index (χ3n) is 2.94. The fraction of sp³-hybridized carbons (Fsp3) is 0.529. The summed E-state index contributed by atoms with van der Waals surface area (Å²) in [5.74, 6) is 0.485. The van der Waals surface area contributed by atoms with E-state index < -0.39 is 0 Å². The van der Waals surface area contributed by atoms with Gasteiger partial charge in [-0.3, -0.25) is 9.59 Å². The first-order chi connectivity index (χ1) is 10.7. The summed E-state index contributed by atoms with van der Waals surface area (Å²) in [5.41, 5.74) is -0.298. The van der Waals surface area contributed by atoms with Crippen molar-refractivity contribution in [1.82, 2.24) is 10.2 Å². The van der Waals surface area contributed by atoms with E-state index in [4.69, 9.17) is 16.3 Å². The molecule has 0 saturated heterocycles. The molecule has 0 atom stereocenters. The predicted octanol–water partition coefficient (Wildman–Crippen LogP) is 2.87. The van der Waals surface area contributed by atoms with Crippen LogP contribution in [0.1, 0.15) is 33.6 Å². The van der Waals surface area contributed by atoms with E-state index in [1.165, 1.54) is 4.90 Å². The number of amides is 2. The Kier molecular flexibility index (Phi) is 7.36. The van der Waals surface area contributed by atoms with Crippen molar-refractivity contribution >= 4 is 23.4 Å². The molecule has 1 aromatic carbocycles. The van der Waals surface area contributed by atoms with Crippen molar-refractivity contribution in [3.63, 3.8) is 0 Å². The Labute approximate surface area is 142 Å². The molecule has 0 aromatic heterocycles. The molecule has 0 unspecified atom stereocenters. The lowest BCUT2D eigenvalue weighted by Gasteiger charge is -2.23. The van der Waals surface area contributed by atoms with Gasteiger partial charge in [-0.25, -0.2) is 0 Å². The summed E-state index contributed by atoms with van der Waals surface area (Å²) < 4.78 is 5.53. The first kappa shape index (κ1) is 19.3. The molecular formula is C17H25ClN2O3. The average Bonchev–Trinajstić information content (AvgIpc) is 2.43. The van der Waals surface area contributed by atoms with Crippen molar-refractivity contribution < 1.29 is 14.3 Å². The molecule has 5 nitrogen and oxygen atoms in total. The molecule has 1 N–H and O–H groups in total. The summed E-state index contributed by atoms with van der Waals surface area (Å²) in [6.45, 7) is 6.21.